The molecule has 17 heavy (non-hydrogen) atoms. The number of aliphatic carboxylic acids is 1. The number of hydrogen-bond donors (Lipinski definition) is 1. The largest absolute Gasteiger partial charge is 0.481 e. The molecule has 1 unspecified atom stereocenters. The molecule has 0 saturated carbocycles. The summed E-state index contributed by atoms with van der Waals surface area (Å²) in [6, 6.07) is 0.238. The average Bonchev–Trinajstić information content (AvgIpc) is 2.94. The zero-order valence-electron chi connectivity index (χ0n) is 9.93. The Hall–Kier alpha value is -1.43. The number of carbonyl (C=O) groups is 1. The lowest BCUT2D eigenvalue weighted by molar-refractivity contribution is -0.137. The number of carboxylic acid groups (broad SMARTS) is 1. The lowest BCUT2D eigenvalue weighted by Crippen LogP contribution is -2.23. The maximum absolute atomic E-state index is 10.4. The van der Waals surface area contributed by atoms with Crippen molar-refractivity contribution < 1.29 is 14.4 Å². The molecule has 0 aliphatic carbocycles. The Morgan fingerprint density at radius 2 is 2.47 bits per heavy atom. The number of nitrogens with zero attached hydrogens (tertiary/aromatic N) is 3. The molecule has 0 amide bonds. The molecule has 0 aromatic carbocycles. The lowest BCUT2D eigenvalue weighted by Gasteiger charge is -2.18. The summed E-state index contributed by atoms with van der Waals surface area (Å²) in [5.74, 6) is 0.274. The van der Waals surface area contributed by atoms with Crippen LogP contribution in [0.4, 0.5) is 0 Å². The number of likely N-dealkylation sites (tertiary alicyclic amines) is 1. The lowest BCUT2D eigenvalue weighted by atomic mass is 10.2. The van der Waals surface area contributed by atoms with E-state index < -0.39 is 5.97 Å². The fourth-order valence-electron chi connectivity index (χ4n) is 2.22. The van der Waals surface area contributed by atoms with Gasteiger partial charge in [-0.3, -0.25) is 9.69 Å². The van der Waals surface area contributed by atoms with Gasteiger partial charge in [-0.05, 0) is 25.9 Å². The molecule has 1 aromatic heterocycles. The van der Waals surface area contributed by atoms with Crippen LogP contribution in [0.3, 0.4) is 0 Å². The minimum absolute atomic E-state index is 0.0315. The first-order valence-electron chi connectivity index (χ1n) is 5.99. The number of aryl methyl sites for hydroxylation is 1. The van der Waals surface area contributed by atoms with E-state index in [0.29, 0.717) is 18.1 Å². The first kappa shape index (κ1) is 12.0. The Labute approximate surface area is 99.6 Å². The van der Waals surface area contributed by atoms with Crippen molar-refractivity contribution in [3.63, 3.8) is 0 Å². The van der Waals surface area contributed by atoms with Crippen molar-refractivity contribution in [3.05, 3.63) is 11.7 Å². The molecule has 1 N–H and O–H groups in total. The van der Waals surface area contributed by atoms with E-state index >= 15 is 0 Å². The first-order chi connectivity index (χ1) is 8.20. The van der Waals surface area contributed by atoms with Crippen molar-refractivity contribution in [3.8, 4) is 0 Å². The maximum atomic E-state index is 10.4. The van der Waals surface area contributed by atoms with Crippen molar-refractivity contribution in [2.45, 2.75) is 38.6 Å². The average molecular weight is 239 g/mol. The van der Waals surface area contributed by atoms with Crippen molar-refractivity contribution in [2.24, 2.45) is 0 Å². The molecule has 0 bridgehead atoms. The van der Waals surface area contributed by atoms with Gasteiger partial charge in [0.05, 0.1) is 12.5 Å². The fraction of sp³-hybridized carbons (Fsp3) is 0.727. The predicted octanol–water partition coefficient (Wildman–Crippen LogP) is 1.24. The molecule has 1 saturated heterocycles. The van der Waals surface area contributed by atoms with Crippen LogP contribution < -0.4 is 0 Å². The molecule has 1 aliphatic rings. The second kappa shape index (κ2) is 5.27. The molecule has 0 radical (unpaired) electrons. The fourth-order valence-corrected chi connectivity index (χ4v) is 2.22. The standard InChI is InChI=1S/C11H17N3O3/c1-2-14-7-3-4-8(14)11-12-9(17-13-11)5-6-10(15)16/h8H,2-7H2,1H3,(H,15,16). The molecule has 94 valence electrons. The van der Waals surface area contributed by atoms with Gasteiger partial charge in [-0.1, -0.05) is 12.1 Å². The SMILES string of the molecule is CCN1CCCC1c1noc(CCC(=O)O)n1. The molecule has 1 fully saturated rings. The minimum Gasteiger partial charge on any atom is -0.481 e. The normalized spacial score (nSPS) is 20.9. The summed E-state index contributed by atoms with van der Waals surface area (Å²) in [4.78, 5) is 17.0. The summed E-state index contributed by atoms with van der Waals surface area (Å²) in [5.41, 5.74) is 0. The van der Waals surface area contributed by atoms with Gasteiger partial charge in [-0.25, -0.2) is 0 Å². The third-order valence-corrected chi connectivity index (χ3v) is 3.10. The Morgan fingerprint density at radius 3 is 3.18 bits per heavy atom. The smallest absolute Gasteiger partial charge is 0.303 e. The van der Waals surface area contributed by atoms with Gasteiger partial charge in [-0.2, -0.15) is 4.98 Å². The number of rotatable bonds is 5. The van der Waals surface area contributed by atoms with Gasteiger partial charge >= 0.3 is 5.97 Å². The highest BCUT2D eigenvalue weighted by molar-refractivity contribution is 5.66. The second-order valence-electron chi connectivity index (χ2n) is 4.23. The quantitative estimate of drug-likeness (QED) is 0.832. The Kier molecular flexibility index (Phi) is 3.73. The Morgan fingerprint density at radius 1 is 1.65 bits per heavy atom. The van der Waals surface area contributed by atoms with Gasteiger partial charge in [0.15, 0.2) is 5.82 Å². The van der Waals surface area contributed by atoms with Crippen LogP contribution >= 0.6 is 0 Å². The zero-order valence-corrected chi connectivity index (χ0v) is 9.93. The van der Waals surface area contributed by atoms with Crippen LogP contribution in [0, 0.1) is 0 Å². The summed E-state index contributed by atoms with van der Waals surface area (Å²) in [7, 11) is 0. The summed E-state index contributed by atoms with van der Waals surface area (Å²) in [5, 5.41) is 12.5. The molecule has 2 rings (SSSR count). The monoisotopic (exact) mass is 239 g/mol. The van der Waals surface area contributed by atoms with E-state index in [4.69, 9.17) is 9.63 Å². The molecule has 1 aromatic rings. The molecule has 6 nitrogen and oxygen atoms in total. The van der Waals surface area contributed by atoms with Gasteiger partial charge in [0.1, 0.15) is 0 Å². The number of carboxylic acids is 1. The molecule has 6 heteroatoms. The van der Waals surface area contributed by atoms with Crippen LogP contribution in [0.2, 0.25) is 0 Å². The highest BCUT2D eigenvalue weighted by atomic mass is 16.5. The Balaban J connectivity index is 1.99. The van der Waals surface area contributed by atoms with Crippen molar-refractivity contribution >= 4 is 5.97 Å². The van der Waals surface area contributed by atoms with Crippen LogP contribution in [0.15, 0.2) is 4.52 Å². The number of hydrogen-bond acceptors (Lipinski definition) is 5. The zero-order chi connectivity index (χ0) is 12.3. The third kappa shape index (κ3) is 2.82. The van der Waals surface area contributed by atoms with E-state index in [1.807, 2.05) is 0 Å². The van der Waals surface area contributed by atoms with Crippen LogP contribution in [-0.4, -0.2) is 39.2 Å². The topological polar surface area (TPSA) is 79.5 Å². The van der Waals surface area contributed by atoms with Crippen molar-refractivity contribution in [1.82, 2.24) is 15.0 Å². The predicted molar refractivity (Wildman–Crippen MR) is 59.5 cm³/mol. The van der Waals surface area contributed by atoms with E-state index in [0.717, 1.165) is 25.9 Å². The van der Waals surface area contributed by atoms with E-state index in [-0.39, 0.29) is 12.5 Å². The highest BCUT2D eigenvalue weighted by Gasteiger charge is 2.28. The van der Waals surface area contributed by atoms with Gasteiger partial charge in [0.25, 0.3) is 0 Å². The second-order valence-corrected chi connectivity index (χ2v) is 4.23. The maximum Gasteiger partial charge on any atom is 0.303 e. The van der Waals surface area contributed by atoms with Crippen LogP contribution in [0.25, 0.3) is 0 Å². The van der Waals surface area contributed by atoms with E-state index in [2.05, 4.69) is 22.0 Å². The molecule has 1 atom stereocenters. The van der Waals surface area contributed by atoms with Crippen molar-refractivity contribution in [1.29, 1.82) is 0 Å². The van der Waals surface area contributed by atoms with Gasteiger partial charge < -0.3 is 9.63 Å². The van der Waals surface area contributed by atoms with Gasteiger partial charge in [-0.15, -0.1) is 0 Å². The van der Waals surface area contributed by atoms with Crippen LogP contribution in [0.5, 0.6) is 0 Å². The molecule has 1 aliphatic heterocycles. The summed E-state index contributed by atoms with van der Waals surface area (Å²) < 4.78 is 5.07. The molecule has 0 spiro atoms. The summed E-state index contributed by atoms with van der Waals surface area (Å²) >= 11 is 0. The van der Waals surface area contributed by atoms with Crippen molar-refractivity contribution in [2.75, 3.05) is 13.1 Å². The van der Waals surface area contributed by atoms with Crippen LogP contribution in [-0.2, 0) is 11.2 Å². The summed E-state index contributed by atoms with van der Waals surface area (Å²) in [6.45, 7) is 4.16. The molecular weight excluding hydrogens is 222 g/mol. The van der Waals surface area contributed by atoms with Gasteiger partial charge in [0, 0.05) is 6.42 Å². The highest BCUT2D eigenvalue weighted by Crippen LogP contribution is 2.29. The van der Waals surface area contributed by atoms with E-state index in [1.54, 1.807) is 0 Å². The molecular formula is C11H17N3O3. The van der Waals surface area contributed by atoms with E-state index in [1.165, 1.54) is 0 Å². The summed E-state index contributed by atoms with van der Waals surface area (Å²) in [6.07, 6.45) is 2.54. The van der Waals surface area contributed by atoms with Crippen LogP contribution in [0.1, 0.15) is 43.9 Å². The number of aromatic nitrogens is 2. The molecule has 2 heterocycles. The minimum atomic E-state index is -0.846. The van der Waals surface area contributed by atoms with E-state index in [9.17, 15) is 4.79 Å². The Bertz CT molecular complexity index is 391. The first-order valence-corrected chi connectivity index (χ1v) is 5.99. The van der Waals surface area contributed by atoms with Gasteiger partial charge in [0.2, 0.25) is 5.89 Å². The third-order valence-electron chi connectivity index (χ3n) is 3.10.